The first-order valence-corrected chi connectivity index (χ1v) is 11.1. The molecular formula is C23H20N4O3S. The van der Waals surface area contributed by atoms with Crippen LogP contribution >= 0.6 is 0 Å². The smallest absolute Gasteiger partial charge is 0.264 e. The van der Waals surface area contributed by atoms with E-state index in [9.17, 15) is 13.2 Å². The fourth-order valence-electron chi connectivity index (χ4n) is 3.17. The maximum absolute atomic E-state index is 12.7. The van der Waals surface area contributed by atoms with Gasteiger partial charge in [-0.05, 0) is 19.1 Å². The van der Waals surface area contributed by atoms with Crippen molar-refractivity contribution in [1.29, 1.82) is 0 Å². The van der Waals surface area contributed by atoms with Crippen LogP contribution in [0.1, 0.15) is 23.6 Å². The van der Waals surface area contributed by atoms with Crippen molar-refractivity contribution >= 4 is 27.5 Å². The van der Waals surface area contributed by atoms with Crippen LogP contribution in [0.15, 0.2) is 99.9 Å². The second kappa shape index (κ2) is 8.53. The van der Waals surface area contributed by atoms with Gasteiger partial charge in [-0.3, -0.25) is 14.5 Å². The number of rotatable bonds is 5. The number of amides is 1. The predicted octanol–water partition coefficient (Wildman–Crippen LogP) is 2.68. The number of aliphatic imine (C=N–C) groups is 1. The number of benzene rings is 3. The van der Waals surface area contributed by atoms with Crippen LogP contribution in [0.3, 0.4) is 0 Å². The van der Waals surface area contributed by atoms with E-state index in [4.69, 9.17) is 0 Å². The van der Waals surface area contributed by atoms with Gasteiger partial charge in [0.2, 0.25) is 0 Å². The quantitative estimate of drug-likeness (QED) is 0.479. The highest BCUT2D eigenvalue weighted by atomic mass is 32.2. The summed E-state index contributed by atoms with van der Waals surface area (Å²) in [5.41, 5.74) is 5.32. The molecule has 0 aromatic heterocycles. The molecule has 4 rings (SSSR count). The number of sulfonamides is 1. The van der Waals surface area contributed by atoms with Gasteiger partial charge >= 0.3 is 0 Å². The monoisotopic (exact) mass is 432 g/mol. The Bertz CT molecular complexity index is 1230. The molecule has 0 aliphatic carbocycles. The topological polar surface area (TPSA) is 100.0 Å². The lowest BCUT2D eigenvalue weighted by atomic mass is 10.0. The van der Waals surface area contributed by atoms with Gasteiger partial charge in [-0.25, -0.2) is 13.8 Å². The molecule has 0 radical (unpaired) electrons. The number of fused-ring (bicyclic) bond motifs is 1. The van der Waals surface area contributed by atoms with E-state index in [1.54, 1.807) is 25.1 Å². The number of nitrogens with zero attached hydrogens (tertiary/aromatic N) is 2. The minimum atomic E-state index is -3.66. The molecule has 1 atom stereocenters. The molecule has 0 fully saturated rings. The lowest BCUT2D eigenvalue weighted by molar-refractivity contribution is -0.121. The Balaban J connectivity index is 1.59. The molecule has 3 aromatic rings. The number of hydrazone groups is 1. The molecule has 1 aliphatic rings. The molecule has 1 aliphatic heterocycles. The van der Waals surface area contributed by atoms with E-state index in [1.165, 1.54) is 6.07 Å². The summed E-state index contributed by atoms with van der Waals surface area (Å²) in [6.07, 6.45) is 0. The van der Waals surface area contributed by atoms with Crippen molar-refractivity contribution in [2.24, 2.45) is 10.1 Å². The van der Waals surface area contributed by atoms with E-state index < -0.39 is 22.0 Å². The molecular weight excluding hydrogens is 412 g/mol. The number of hydrogen-bond acceptors (Lipinski definition) is 5. The minimum Gasteiger partial charge on any atom is -0.271 e. The molecule has 1 amide bonds. The molecule has 156 valence electrons. The van der Waals surface area contributed by atoms with Gasteiger partial charge in [-0.1, -0.05) is 72.8 Å². The molecule has 0 unspecified atom stereocenters. The largest absolute Gasteiger partial charge is 0.271 e. The Hall–Kier alpha value is -3.78. The minimum absolute atomic E-state index is 0.147. The van der Waals surface area contributed by atoms with Gasteiger partial charge in [0.05, 0.1) is 10.6 Å². The molecule has 0 bridgehead atoms. The summed E-state index contributed by atoms with van der Waals surface area (Å²) in [4.78, 5) is 17.1. The zero-order valence-corrected chi connectivity index (χ0v) is 17.5. The van der Waals surface area contributed by atoms with Crippen molar-refractivity contribution in [1.82, 2.24) is 10.1 Å². The molecule has 1 heterocycles. The summed E-state index contributed by atoms with van der Waals surface area (Å²) in [6, 6.07) is 24.7. The first kappa shape index (κ1) is 20.5. The Kier molecular flexibility index (Phi) is 5.64. The van der Waals surface area contributed by atoms with Crippen LogP contribution in [0, 0.1) is 0 Å². The van der Waals surface area contributed by atoms with Gasteiger partial charge < -0.3 is 0 Å². The van der Waals surface area contributed by atoms with Crippen LogP contribution < -0.4 is 10.1 Å². The number of hydrogen-bond donors (Lipinski definition) is 2. The molecule has 31 heavy (non-hydrogen) atoms. The molecule has 2 N–H and O–H groups in total. The highest BCUT2D eigenvalue weighted by Crippen LogP contribution is 2.22. The first-order valence-electron chi connectivity index (χ1n) is 9.64. The third-order valence-electron chi connectivity index (χ3n) is 4.74. The molecule has 8 heteroatoms. The van der Waals surface area contributed by atoms with Gasteiger partial charge in [0.15, 0.2) is 0 Å². The summed E-state index contributed by atoms with van der Waals surface area (Å²) >= 11 is 0. The molecule has 0 saturated carbocycles. The standard InChI is InChI=1S/C23H20N4O3S/c1-16(24-22-19-14-8-9-15-20(19)31(29,30)27-22)23(28)26-25-21(17-10-4-2-5-11-17)18-12-6-3-7-13-18/h2-16H,1H3,(H,24,27)(H,26,28)/t16-/m0/s1. The van der Waals surface area contributed by atoms with Crippen LogP contribution in [0.25, 0.3) is 0 Å². The lowest BCUT2D eigenvalue weighted by Gasteiger charge is -2.10. The van der Waals surface area contributed by atoms with Gasteiger partial charge in [-0.2, -0.15) is 5.10 Å². The third-order valence-corrected chi connectivity index (χ3v) is 6.13. The summed E-state index contributed by atoms with van der Waals surface area (Å²) in [5.74, 6) is -0.311. The predicted molar refractivity (Wildman–Crippen MR) is 119 cm³/mol. The highest BCUT2D eigenvalue weighted by molar-refractivity contribution is 7.90. The highest BCUT2D eigenvalue weighted by Gasteiger charge is 2.31. The van der Waals surface area contributed by atoms with E-state index in [1.807, 2.05) is 60.7 Å². The molecule has 0 saturated heterocycles. The van der Waals surface area contributed by atoms with Gasteiger partial charge in [0.25, 0.3) is 15.9 Å². The third kappa shape index (κ3) is 4.39. The number of carbonyl (C=O) groups is 1. The lowest BCUT2D eigenvalue weighted by Crippen LogP contribution is -2.32. The fraction of sp³-hybridized carbons (Fsp3) is 0.0870. The van der Waals surface area contributed by atoms with E-state index >= 15 is 0 Å². The van der Waals surface area contributed by atoms with Crippen LogP contribution in [0.4, 0.5) is 0 Å². The number of carbonyl (C=O) groups excluding carboxylic acids is 1. The van der Waals surface area contributed by atoms with Crippen molar-refractivity contribution < 1.29 is 13.2 Å². The zero-order valence-electron chi connectivity index (χ0n) is 16.7. The first-order chi connectivity index (χ1) is 15.0. The Morgan fingerprint density at radius 3 is 2.03 bits per heavy atom. The van der Waals surface area contributed by atoms with Crippen LogP contribution in [0.5, 0.6) is 0 Å². The Morgan fingerprint density at radius 2 is 1.42 bits per heavy atom. The summed E-state index contributed by atoms with van der Waals surface area (Å²) < 4.78 is 26.9. The van der Waals surface area contributed by atoms with Crippen LogP contribution in [-0.4, -0.2) is 31.9 Å². The molecule has 3 aromatic carbocycles. The van der Waals surface area contributed by atoms with Crippen molar-refractivity contribution in [2.75, 3.05) is 0 Å². The second-order valence-corrected chi connectivity index (χ2v) is 8.57. The summed E-state index contributed by atoms with van der Waals surface area (Å²) in [5, 5.41) is 4.34. The molecule has 7 nitrogen and oxygen atoms in total. The van der Waals surface area contributed by atoms with E-state index in [0.29, 0.717) is 11.3 Å². The summed E-state index contributed by atoms with van der Waals surface area (Å²) in [7, 11) is -3.66. The van der Waals surface area contributed by atoms with Crippen molar-refractivity contribution in [3.8, 4) is 0 Å². The SMILES string of the molecule is C[C@H](N=C1NS(=O)(=O)c2ccccc21)C(=O)NN=C(c1ccccc1)c1ccccc1. The average molecular weight is 433 g/mol. The Morgan fingerprint density at radius 1 is 0.871 bits per heavy atom. The number of amidine groups is 1. The Labute approximate surface area is 180 Å². The van der Waals surface area contributed by atoms with E-state index in [2.05, 4.69) is 20.2 Å². The molecule has 0 spiro atoms. The van der Waals surface area contributed by atoms with Crippen molar-refractivity contribution in [2.45, 2.75) is 17.9 Å². The summed E-state index contributed by atoms with van der Waals surface area (Å²) in [6.45, 7) is 1.58. The van der Waals surface area contributed by atoms with E-state index in [-0.39, 0.29) is 10.7 Å². The normalized spacial score (nSPS) is 16.1. The fourth-order valence-corrected chi connectivity index (χ4v) is 4.41. The van der Waals surface area contributed by atoms with Crippen LogP contribution in [0.2, 0.25) is 0 Å². The second-order valence-electron chi connectivity index (χ2n) is 6.92. The van der Waals surface area contributed by atoms with Crippen molar-refractivity contribution in [3.63, 3.8) is 0 Å². The maximum atomic E-state index is 12.7. The zero-order chi connectivity index (χ0) is 21.8. The van der Waals surface area contributed by atoms with Crippen LogP contribution in [-0.2, 0) is 14.8 Å². The maximum Gasteiger partial charge on any atom is 0.264 e. The van der Waals surface area contributed by atoms with Gasteiger partial charge in [-0.15, -0.1) is 0 Å². The van der Waals surface area contributed by atoms with Crippen molar-refractivity contribution in [3.05, 3.63) is 102 Å². The van der Waals surface area contributed by atoms with Gasteiger partial charge in [0, 0.05) is 16.7 Å². The van der Waals surface area contributed by atoms with Gasteiger partial charge in [0.1, 0.15) is 11.9 Å². The van der Waals surface area contributed by atoms with E-state index in [0.717, 1.165) is 11.1 Å². The average Bonchev–Trinajstić information content (AvgIpc) is 3.05. The number of nitrogens with one attached hydrogen (secondary N) is 2.